The number of carbonyl (C=O) groups excluding carboxylic acids is 1. The Balaban J connectivity index is -0.000000174. The van der Waals surface area contributed by atoms with Crippen molar-refractivity contribution in [2.75, 3.05) is 0 Å². The lowest BCUT2D eigenvalue weighted by molar-refractivity contribution is 0.112. The van der Waals surface area contributed by atoms with Gasteiger partial charge in [0, 0.05) is 6.93 Å². The van der Waals surface area contributed by atoms with Crippen molar-refractivity contribution in [3.05, 3.63) is 35.9 Å². The minimum absolute atomic E-state index is 0.729. The van der Waals surface area contributed by atoms with Gasteiger partial charge in [-0.1, -0.05) is 65.4 Å². The first-order valence-electron chi connectivity index (χ1n) is 5.44. The average molecular weight is 184 g/mol. The molecule has 1 rings (SSSR count). The van der Waals surface area contributed by atoms with Gasteiger partial charge in [-0.3, -0.25) is 4.79 Å². The van der Waals surface area contributed by atoms with E-state index in [-0.39, 0.29) is 0 Å². The van der Waals surface area contributed by atoms with Gasteiger partial charge in [0.15, 0.2) is 0 Å². The van der Waals surface area contributed by atoms with Gasteiger partial charge < -0.3 is 0 Å². The molecule has 0 aromatic heterocycles. The fraction of sp³-hybridized carbons (Fsp3) is 0.417. The molecule has 1 heteroatoms. The second-order valence-corrected chi connectivity index (χ2v) is 1.53. The van der Waals surface area contributed by atoms with Crippen molar-refractivity contribution < 1.29 is 6.17 Å². The van der Waals surface area contributed by atoms with E-state index < -0.39 is 0 Å². The molecule has 0 aliphatic carbocycles. The third kappa shape index (κ3) is 10.9. The fourth-order valence-electron chi connectivity index (χ4n) is 0.532. The van der Waals surface area contributed by atoms with Gasteiger partial charge in [-0.25, -0.2) is 0 Å². The molecule has 0 unspecified atom stereocenters. The van der Waals surface area contributed by atoms with Crippen molar-refractivity contribution in [3.63, 3.8) is 0 Å². The van der Waals surface area contributed by atoms with Crippen LogP contribution < -0.4 is 0 Å². The summed E-state index contributed by atoms with van der Waals surface area (Å²) in [5.74, 6) is 0. The lowest BCUT2D eigenvalue weighted by Gasteiger charge is -1.81. The summed E-state index contributed by atoms with van der Waals surface area (Å²) in [6, 6.07) is 9.10. The van der Waals surface area contributed by atoms with Crippen LogP contribution in [-0.4, -0.2) is 6.29 Å². The van der Waals surface area contributed by atoms with Crippen molar-refractivity contribution in [2.24, 2.45) is 0 Å². The van der Waals surface area contributed by atoms with E-state index in [0.717, 1.165) is 11.8 Å². The summed E-state index contributed by atoms with van der Waals surface area (Å²) in [4.78, 5) is 10.0. The number of carbonyl (C=O) groups is 1. The van der Waals surface area contributed by atoms with Crippen LogP contribution in [0.15, 0.2) is 30.3 Å². The van der Waals surface area contributed by atoms with Crippen LogP contribution in [0.3, 0.4) is 0 Å². The maximum atomic E-state index is 10.0. The van der Waals surface area contributed by atoms with Gasteiger partial charge in [-0.15, -0.1) is 0 Å². The molecule has 1 aromatic carbocycles. The smallest absolute Gasteiger partial charge is 0.150 e. The molecule has 0 N–H and O–H groups in total. The predicted octanol–water partition coefficient (Wildman–Crippen LogP) is 4.19. The number of hydrogen-bond donors (Lipinski definition) is 0. The van der Waals surface area contributed by atoms with E-state index in [4.69, 9.17) is 1.37 Å². The first-order valence-corrected chi connectivity index (χ1v) is 4.44. The van der Waals surface area contributed by atoms with E-state index in [1.54, 1.807) is 12.1 Å². The molecule has 1 nitrogen and oxygen atoms in total. The van der Waals surface area contributed by atoms with Gasteiger partial charge in [0.1, 0.15) is 6.29 Å². The molecule has 1 aromatic rings. The third-order valence-electron chi connectivity index (χ3n) is 0.936. The van der Waals surface area contributed by atoms with Gasteiger partial charge in [-0.05, 0) is 0 Å². The number of hydrogen-bond acceptors (Lipinski definition) is 1. The Morgan fingerprint density at radius 1 is 1.08 bits per heavy atom. The number of benzene rings is 1. The molecule has 0 heterocycles. The quantitative estimate of drug-likeness (QED) is 0.598. The van der Waals surface area contributed by atoms with Crippen molar-refractivity contribution in [1.29, 1.82) is 0 Å². The molecular formula is C12H22O. The lowest BCUT2D eigenvalue weighted by Crippen LogP contribution is -1.73. The van der Waals surface area contributed by atoms with E-state index in [2.05, 4.69) is 0 Å². The zero-order chi connectivity index (χ0) is 11.8. The molecule has 0 spiro atoms. The second kappa shape index (κ2) is 17.1. The van der Waals surface area contributed by atoms with Gasteiger partial charge in [0.25, 0.3) is 0 Å². The molecule has 0 aliphatic rings. The van der Waals surface area contributed by atoms with Crippen LogP contribution in [0, 0.1) is 0 Å². The van der Waals surface area contributed by atoms with Gasteiger partial charge in [0.05, 0.1) is 0 Å². The molecule has 0 saturated heterocycles. The van der Waals surface area contributed by atoms with Crippen LogP contribution in [0.25, 0.3) is 0 Å². The third-order valence-corrected chi connectivity index (χ3v) is 0.936. The van der Waals surface area contributed by atoms with Gasteiger partial charge in [0.2, 0.25) is 0 Å². The minimum Gasteiger partial charge on any atom is -0.298 e. The maximum absolute atomic E-state index is 10.0. The molecule has 13 heavy (non-hydrogen) atoms. The van der Waals surface area contributed by atoms with E-state index in [1.807, 2.05) is 45.9 Å². The summed E-state index contributed by atoms with van der Waals surface area (Å²) < 4.78 is 5.75. The highest BCUT2D eigenvalue weighted by Gasteiger charge is 1.79. The summed E-state index contributed by atoms with van der Waals surface area (Å²) in [5.41, 5.74) is 0.729. The monoisotopic (exact) mass is 184 g/mol. The van der Waals surface area contributed by atoms with Gasteiger partial charge in [-0.2, -0.15) is 0 Å². The summed E-state index contributed by atoms with van der Waals surface area (Å²) in [6.45, 7) is 8.00. The summed E-state index contributed by atoms with van der Waals surface area (Å²) in [7, 11) is 1.25. The molecule has 0 saturated carbocycles. The largest absolute Gasteiger partial charge is 0.298 e. The summed E-state index contributed by atoms with van der Waals surface area (Å²) >= 11 is 0. The molecule has 0 aliphatic heterocycles. The molecular weight excluding hydrogens is 160 g/mol. The molecule has 76 valence electrons. The van der Waals surface area contributed by atoms with Crippen LogP contribution >= 0.6 is 0 Å². The summed E-state index contributed by atoms with van der Waals surface area (Å²) in [6.07, 6.45) is 0.833. The number of rotatable bonds is 1. The van der Waals surface area contributed by atoms with E-state index in [9.17, 15) is 4.79 Å². The van der Waals surface area contributed by atoms with Crippen LogP contribution in [0.2, 0.25) is 0 Å². The lowest BCUT2D eigenvalue weighted by atomic mass is 10.2. The Bertz CT molecular complexity index is 173. The molecule has 0 atom stereocenters. The van der Waals surface area contributed by atoms with Crippen LogP contribution in [0.5, 0.6) is 0 Å². The van der Waals surface area contributed by atoms with Crippen molar-refractivity contribution in [2.45, 2.75) is 35.1 Å². The highest BCUT2D eigenvalue weighted by molar-refractivity contribution is 5.74. The Labute approximate surface area is 84.2 Å². The van der Waals surface area contributed by atoms with E-state index in [1.165, 1.54) is 7.40 Å². The minimum atomic E-state index is 0.729. The normalized spacial score (nSPS) is 6.69. The summed E-state index contributed by atoms with van der Waals surface area (Å²) in [5, 5.41) is 0. The first-order chi connectivity index (χ1) is 6.93. The SMILES string of the molecule is CC.CC.O=Cc1ccccc1.[3H]C. The Morgan fingerprint density at radius 2 is 1.46 bits per heavy atom. The van der Waals surface area contributed by atoms with Crippen molar-refractivity contribution in [3.8, 4) is 0 Å². The molecule has 0 bridgehead atoms. The zero-order valence-electron chi connectivity index (χ0n) is 10.4. The first kappa shape index (κ1) is 14.4. The van der Waals surface area contributed by atoms with Crippen LogP contribution in [-0.2, 0) is 0 Å². The highest BCUT2D eigenvalue weighted by atomic mass is 16.1. The highest BCUT2D eigenvalue weighted by Crippen LogP contribution is 1.91. The average Bonchev–Trinajstić information content (AvgIpc) is 2.37. The Hall–Kier alpha value is -1.11. The zero-order valence-corrected chi connectivity index (χ0v) is 9.37. The van der Waals surface area contributed by atoms with Crippen LogP contribution in [0.4, 0.5) is 0 Å². The fourth-order valence-corrected chi connectivity index (χ4v) is 0.532. The Kier molecular flexibility index (Phi) is 19.0. The predicted molar refractivity (Wildman–Crippen MR) is 61.3 cm³/mol. The maximum Gasteiger partial charge on any atom is 0.150 e. The molecule has 0 radical (unpaired) electrons. The Morgan fingerprint density at radius 3 is 1.69 bits per heavy atom. The molecule has 0 amide bonds. The topological polar surface area (TPSA) is 17.1 Å². The van der Waals surface area contributed by atoms with Crippen molar-refractivity contribution in [1.82, 2.24) is 0 Å². The standard InChI is InChI=1S/C7H6O.2C2H6.CH4/c8-6-7-4-2-1-3-5-7;2*1-2;/h1-6H;2*1-2H3;1H4/i;;;1T. The molecule has 0 fully saturated rings. The van der Waals surface area contributed by atoms with E-state index >= 15 is 0 Å². The van der Waals surface area contributed by atoms with E-state index in [0.29, 0.717) is 0 Å². The second-order valence-electron chi connectivity index (χ2n) is 1.53. The van der Waals surface area contributed by atoms with Crippen LogP contribution in [0.1, 0.15) is 46.8 Å². The van der Waals surface area contributed by atoms with Gasteiger partial charge >= 0.3 is 0 Å². The van der Waals surface area contributed by atoms with Crippen molar-refractivity contribution >= 4 is 6.29 Å². The number of aldehydes is 1.